The third-order valence-corrected chi connectivity index (χ3v) is 2.45. The van der Waals surface area contributed by atoms with E-state index in [1.165, 1.54) is 0 Å². The summed E-state index contributed by atoms with van der Waals surface area (Å²) >= 11 is 0. The number of rotatable bonds is 2. The SMILES string of the molecule is COc1c(C(C)(C)C)ccc(O)c1CN. The first-order chi connectivity index (χ1) is 6.91. The molecule has 0 saturated heterocycles. The number of hydrogen-bond acceptors (Lipinski definition) is 3. The first-order valence-corrected chi connectivity index (χ1v) is 5.01. The molecule has 0 unspecified atom stereocenters. The summed E-state index contributed by atoms with van der Waals surface area (Å²) in [5.41, 5.74) is 7.30. The van der Waals surface area contributed by atoms with Crippen molar-refractivity contribution in [1.29, 1.82) is 0 Å². The van der Waals surface area contributed by atoms with Gasteiger partial charge in [0.25, 0.3) is 0 Å². The van der Waals surface area contributed by atoms with E-state index in [4.69, 9.17) is 10.5 Å². The largest absolute Gasteiger partial charge is 0.507 e. The Labute approximate surface area is 90.9 Å². The lowest BCUT2D eigenvalue weighted by Crippen LogP contribution is -2.14. The minimum atomic E-state index is -0.0248. The van der Waals surface area contributed by atoms with E-state index in [-0.39, 0.29) is 17.7 Å². The number of aromatic hydroxyl groups is 1. The molecule has 0 saturated carbocycles. The summed E-state index contributed by atoms with van der Waals surface area (Å²) in [6.07, 6.45) is 0. The second kappa shape index (κ2) is 4.11. The number of methoxy groups -OCH3 is 1. The maximum absolute atomic E-state index is 9.65. The fourth-order valence-electron chi connectivity index (χ4n) is 1.64. The van der Waals surface area contributed by atoms with Gasteiger partial charge in [-0.15, -0.1) is 0 Å². The molecule has 3 heteroatoms. The van der Waals surface area contributed by atoms with Crippen molar-refractivity contribution in [2.75, 3.05) is 7.11 Å². The quantitative estimate of drug-likeness (QED) is 0.784. The van der Waals surface area contributed by atoms with E-state index in [1.807, 2.05) is 6.07 Å². The highest BCUT2D eigenvalue weighted by Crippen LogP contribution is 2.37. The van der Waals surface area contributed by atoms with Gasteiger partial charge in [-0.1, -0.05) is 26.8 Å². The number of ether oxygens (including phenoxy) is 1. The normalized spacial score (nSPS) is 11.5. The van der Waals surface area contributed by atoms with Crippen LogP contribution < -0.4 is 10.5 Å². The van der Waals surface area contributed by atoms with Crippen LogP contribution in [0.25, 0.3) is 0 Å². The van der Waals surface area contributed by atoms with Crippen molar-refractivity contribution in [1.82, 2.24) is 0 Å². The van der Waals surface area contributed by atoms with E-state index >= 15 is 0 Å². The minimum Gasteiger partial charge on any atom is -0.507 e. The van der Waals surface area contributed by atoms with Crippen LogP contribution in [0.4, 0.5) is 0 Å². The van der Waals surface area contributed by atoms with Crippen LogP contribution in [0, 0.1) is 0 Å². The molecule has 0 fully saturated rings. The Morgan fingerprint density at radius 3 is 2.33 bits per heavy atom. The van der Waals surface area contributed by atoms with Crippen molar-refractivity contribution >= 4 is 0 Å². The van der Waals surface area contributed by atoms with Crippen molar-refractivity contribution in [3.05, 3.63) is 23.3 Å². The molecule has 15 heavy (non-hydrogen) atoms. The van der Waals surface area contributed by atoms with E-state index in [0.29, 0.717) is 11.3 Å². The van der Waals surface area contributed by atoms with E-state index in [9.17, 15) is 5.11 Å². The molecule has 0 radical (unpaired) electrons. The van der Waals surface area contributed by atoms with Crippen LogP contribution in [0.2, 0.25) is 0 Å². The molecule has 1 rings (SSSR count). The topological polar surface area (TPSA) is 55.5 Å². The van der Waals surface area contributed by atoms with E-state index in [0.717, 1.165) is 5.56 Å². The summed E-state index contributed by atoms with van der Waals surface area (Å²) in [7, 11) is 1.60. The summed E-state index contributed by atoms with van der Waals surface area (Å²) in [4.78, 5) is 0. The van der Waals surface area contributed by atoms with Gasteiger partial charge in [0.2, 0.25) is 0 Å². The minimum absolute atomic E-state index is 0.0248. The Bertz CT molecular complexity index is 353. The van der Waals surface area contributed by atoms with Gasteiger partial charge in [-0.2, -0.15) is 0 Å². The zero-order chi connectivity index (χ0) is 11.6. The zero-order valence-electron chi connectivity index (χ0n) is 9.79. The molecule has 3 nitrogen and oxygen atoms in total. The molecule has 0 spiro atoms. The number of phenols is 1. The standard InChI is InChI=1S/C12H19NO2/c1-12(2,3)9-5-6-10(14)8(7-13)11(9)15-4/h5-6,14H,7,13H2,1-4H3. The molecule has 3 N–H and O–H groups in total. The summed E-state index contributed by atoms with van der Waals surface area (Å²) in [6.45, 7) is 6.57. The zero-order valence-corrected chi connectivity index (χ0v) is 9.79. The van der Waals surface area contributed by atoms with Crippen LogP contribution in [0.15, 0.2) is 12.1 Å². The van der Waals surface area contributed by atoms with E-state index < -0.39 is 0 Å². The first kappa shape index (κ1) is 11.9. The van der Waals surface area contributed by atoms with Crippen molar-refractivity contribution in [3.8, 4) is 11.5 Å². The monoisotopic (exact) mass is 209 g/mol. The van der Waals surface area contributed by atoms with Gasteiger partial charge < -0.3 is 15.6 Å². The lowest BCUT2D eigenvalue weighted by molar-refractivity contribution is 0.384. The van der Waals surface area contributed by atoms with Crippen molar-refractivity contribution < 1.29 is 9.84 Å². The molecule has 1 aromatic carbocycles. The van der Waals surface area contributed by atoms with Gasteiger partial charge >= 0.3 is 0 Å². The molecule has 0 amide bonds. The lowest BCUT2D eigenvalue weighted by Gasteiger charge is -2.24. The molecular weight excluding hydrogens is 190 g/mol. The number of benzene rings is 1. The molecule has 0 aliphatic rings. The Morgan fingerprint density at radius 1 is 1.33 bits per heavy atom. The number of phenolic OH excluding ortho intramolecular Hbond substituents is 1. The third kappa shape index (κ3) is 2.23. The summed E-state index contributed by atoms with van der Waals surface area (Å²) in [5.74, 6) is 0.896. The van der Waals surface area contributed by atoms with Gasteiger partial charge in [0.05, 0.1) is 7.11 Å². The van der Waals surface area contributed by atoms with Gasteiger partial charge in [-0.05, 0) is 11.5 Å². The highest BCUT2D eigenvalue weighted by Gasteiger charge is 2.22. The van der Waals surface area contributed by atoms with Gasteiger partial charge in [-0.25, -0.2) is 0 Å². The molecular formula is C12H19NO2. The fourth-order valence-corrected chi connectivity index (χ4v) is 1.64. The highest BCUT2D eigenvalue weighted by atomic mass is 16.5. The Kier molecular flexibility index (Phi) is 3.25. The van der Waals surface area contributed by atoms with E-state index in [1.54, 1.807) is 13.2 Å². The van der Waals surface area contributed by atoms with Gasteiger partial charge in [0.1, 0.15) is 11.5 Å². The van der Waals surface area contributed by atoms with Crippen LogP contribution in [-0.2, 0) is 12.0 Å². The molecule has 0 heterocycles. The van der Waals surface area contributed by atoms with Crippen LogP contribution in [-0.4, -0.2) is 12.2 Å². The number of hydrogen-bond donors (Lipinski definition) is 2. The third-order valence-electron chi connectivity index (χ3n) is 2.45. The predicted molar refractivity (Wildman–Crippen MR) is 61.3 cm³/mol. The maximum Gasteiger partial charge on any atom is 0.130 e. The van der Waals surface area contributed by atoms with Gasteiger partial charge in [-0.3, -0.25) is 0 Å². The van der Waals surface area contributed by atoms with E-state index in [2.05, 4.69) is 20.8 Å². The summed E-state index contributed by atoms with van der Waals surface area (Å²) in [5, 5.41) is 9.65. The number of nitrogens with two attached hydrogens (primary N) is 1. The fraction of sp³-hybridized carbons (Fsp3) is 0.500. The molecule has 84 valence electrons. The average molecular weight is 209 g/mol. The Balaban J connectivity index is 3.42. The Hall–Kier alpha value is -1.22. The molecule has 1 aromatic rings. The highest BCUT2D eigenvalue weighted by molar-refractivity contribution is 5.51. The van der Waals surface area contributed by atoms with Gasteiger partial charge in [0, 0.05) is 17.7 Å². The maximum atomic E-state index is 9.65. The molecule has 0 aliphatic heterocycles. The smallest absolute Gasteiger partial charge is 0.130 e. The first-order valence-electron chi connectivity index (χ1n) is 5.01. The van der Waals surface area contributed by atoms with Crippen molar-refractivity contribution in [2.24, 2.45) is 5.73 Å². The Morgan fingerprint density at radius 2 is 1.93 bits per heavy atom. The van der Waals surface area contributed by atoms with Crippen LogP contribution in [0.3, 0.4) is 0 Å². The lowest BCUT2D eigenvalue weighted by atomic mass is 9.85. The van der Waals surface area contributed by atoms with Crippen LogP contribution in [0.5, 0.6) is 11.5 Å². The summed E-state index contributed by atoms with van der Waals surface area (Å²) in [6, 6.07) is 3.55. The second-order valence-corrected chi connectivity index (χ2v) is 4.60. The van der Waals surface area contributed by atoms with Crippen LogP contribution >= 0.6 is 0 Å². The molecule has 0 atom stereocenters. The van der Waals surface area contributed by atoms with Gasteiger partial charge in [0.15, 0.2) is 0 Å². The molecule has 0 aliphatic carbocycles. The van der Waals surface area contributed by atoms with Crippen LogP contribution in [0.1, 0.15) is 31.9 Å². The van der Waals surface area contributed by atoms with Crippen molar-refractivity contribution in [2.45, 2.75) is 32.7 Å². The molecule has 0 bridgehead atoms. The van der Waals surface area contributed by atoms with Crippen molar-refractivity contribution in [3.63, 3.8) is 0 Å². The predicted octanol–water partition coefficient (Wildman–Crippen LogP) is 2.16. The average Bonchev–Trinajstić information content (AvgIpc) is 2.15. The summed E-state index contributed by atoms with van der Waals surface area (Å²) < 4.78 is 5.33. The molecule has 0 aromatic heterocycles. The second-order valence-electron chi connectivity index (χ2n) is 4.60.